The molecule has 2 fully saturated rings. The zero-order valence-electron chi connectivity index (χ0n) is 25.3. The molecule has 1 saturated carbocycles. The molecule has 9 nitrogen and oxygen atoms in total. The Balaban J connectivity index is 1.17. The van der Waals surface area contributed by atoms with E-state index in [1.165, 1.54) is 30.7 Å². The van der Waals surface area contributed by atoms with Gasteiger partial charge in [0.05, 0.1) is 25.2 Å². The summed E-state index contributed by atoms with van der Waals surface area (Å²) in [7, 11) is 2.22. The summed E-state index contributed by atoms with van der Waals surface area (Å²) < 4.78 is 17.7. The van der Waals surface area contributed by atoms with Crippen LogP contribution in [0.25, 0.3) is 0 Å². The molecule has 2 aromatic carbocycles. The Kier molecular flexibility index (Phi) is 8.26. The molecule has 1 aromatic heterocycles. The standard InChI is InChI=1S/C35H40N3O6/c1-23(43-34(41)31(36)24-9-4-3-5-10-24)32(39)44-27-14-13-25-19-30-28-12-6-7-15-35(28,29(25)20-27)16-18-38(30,2)22-42-33(40)26-11-8-17-37-21-26/h3-5,8-11,13-14,17,20-21,23,28,30-31H,6-7,12,15-16,18-19,22,36H2,1-2H3/q+1/t23?,28-,30+,31?,35+,38?/m0/s1. The molecule has 0 amide bonds. The number of fused-ring (bicyclic) bond motifs is 1. The van der Waals surface area contributed by atoms with Crippen molar-refractivity contribution in [1.82, 2.24) is 4.98 Å². The molecule has 0 radical (unpaired) electrons. The van der Waals surface area contributed by atoms with Crippen molar-refractivity contribution in [2.24, 2.45) is 11.7 Å². The first kappa shape index (κ1) is 30.0. The molecule has 3 aromatic rings. The van der Waals surface area contributed by atoms with E-state index in [2.05, 4.69) is 18.1 Å². The molecule has 6 atom stereocenters. The van der Waals surface area contributed by atoms with Crippen LogP contribution in [0.3, 0.4) is 0 Å². The van der Waals surface area contributed by atoms with Crippen molar-refractivity contribution < 1.29 is 33.1 Å². The van der Waals surface area contributed by atoms with Gasteiger partial charge in [0.15, 0.2) is 6.10 Å². The highest BCUT2D eigenvalue weighted by Crippen LogP contribution is 2.57. The van der Waals surface area contributed by atoms with E-state index in [4.69, 9.17) is 19.9 Å². The van der Waals surface area contributed by atoms with Crippen LogP contribution < -0.4 is 10.5 Å². The number of piperidine rings is 1. The number of nitrogens with two attached hydrogens (primary N) is 1. The molecule has 2 bridgehead atoms. The van der Waals surface area contributed by atoms with Gasteiger partial charge in [0.1, 0.15) is 11.8 Å². The number of benzene rings is 2. The average molecular weight is 599 g/mol. The number of nitrogens with zero attached hydrogens (tertiary/aromatic N) is 2. The fraction of sp³-hybridized carbons (Fsp3) is 0.429. The van der Waals surface area contributed by atoms with Gasteiger partial charge in [-0.1, -0.05) is 49.2 Å². The van der Waals surface area contributed by atoms with Crippen LogP contribution in [-0.4, -0.2) is 59.8 Å². The predicted octanol–water partition coefficient (Wildman–Crippen LogP) is 4.64. The van der Waals surface area contributed by atoms with Gasteiger partial charge in [-0.2, -0.15) is 0 Å². The van der Waals surface area contributed by atoms with Crippen molar-refractivity contribution in [3.63, 3.8) is 0 Å². The number of likely N-dealkylation sites (N-methyl/N-ethyl adjacent to an activating group) is 1. The molecule has 0 spiro atoms. The first-order valence-electron chi connectivity index (χ1n) is 15.5. The predicted molar refractivity (Wildman–Crippen MR) is 162 cm³/mol. The SMILES string of the molecule is CC(OC(=O)C(N)c1ccccc1)C(=O)Oc1ccc2c(c1)[C@@]13CCCC[C@H]1[C@@H](C2)[N+](C)(COC(=O)c1cccnc1)CC3. The van der Waals surface area contributed by atoms with Crippen LogP contribution in [0.4, 0.5) is 0 Å². The molecule has 6 rings (SSSR count). The third-order valence-corrected chi connectivity index (χ3v) is 10.1. The Morgan fingerprint density at radius 3 is 2.64 bits per heavy atom. The van der Waals surface area contributed by atoms with Crippen LogP contribution >= 0.6 is 0 Å². The molecule has 1 aliphatic heterocycles. The lowest BCUT2D eigenvalue weighted by Gasteiger charge is -2.60. The van der Waals surface area contributed by atoms with Crippen molar-refractivity contribution >= 4 is 17.9 Å². The second kappa shape index (κ2) is 12.1. The number of likely N-dealkylation sites (tertiary alicyclic amines) is 1. The van der Waals surface area contributed by atoms with Crippen LogP contribution in [0, 0.1) is 5.92 Å². The van der Waals surface area contributed by atoms with Gasteiger partial charge in [-0.3, -0.25) is 9.47 Å². The van der Waals surface area contributed by atoms with Gasteiger partial charge in [-0.25, -0.2) is 14.4 Å². The summed E-state index contributed by atoms with van der Waals surface area (Å²) in [4.78, 5) is 42.4. The lowest BCUT2D eigenvalue weighted by molar-refractivity contribution is -0.959. The van der Waals surface area contributed by atoms with Crippen LogP contribution in [0.2, 0.25) is 0 Å². The number of carbonyl (C=O) groups is 3. The lowest BCUT2D eigenvalue weighted by Crippen LogP contribution is -2.69. The van der Waals surface area contributed by atoms with E-state index >= 15 is 0 Å². The minimum atomic E-state index is -1.11. The highest BCUT2D eigenvalue weighted by molar-refractivity contribution is 5.88. The van der Waals surface area contributed by atoms with Gasteiger partial charge < -0.3 is 19.9 Å². The monoisotopic (exact) mass is 598 g/mol. The van der Waals surface area contributed by atoms with Gasteiger partial charge >= 0.3 is 17.9 Å². The molecule has 44 heavy (non-hydrogen) atoms. The first-order valence-corrected chi connectivity index (χ1v) is 15.5. The van der Waals surface area contributed by atoms with E-state index in [0.29, 0.717) is 40.1 Å². The number of hydrogen-bond donors (Lipinski definition) is 1. The summed E-state index contributed by atoms with van der Waals surface area (Å²) >= 11 is 0. The maximum atomic E-state index is 13.0. The topological polar surface area (TPSA) is 118 Å². The minimum Gasteiger partial charge on any atom is -0.449 e. The smallest absolute Gasteiger partial charge is 0.352 e. The second-order valence-electron chi connectivity index (χ2n) is 12.7. The molecule has 3 unspecified atom stereocenters. The molecular formula is C35H40N3O6+. The minimum absolute atomic E-state index is 0.00935. The maximum Gasteiger partial charge on any atom is 0.352 e. The van der Waals surface area contributed by atoms with Gasteiger partial charge in [0, 0.05) is 36.6 Å². The zero-order valence-corrected chi connectivity index (χ0v) is 25.3. The Labute approximate surface area is 257 Å². The normalized spacial score (nSPS) is 26.7. The van der Waals surface area contributed by atoms with E-state index in [1.807, 2.05) is 18.2 Å². The number of hydrogen-bond acceptors (Lipinski definition) is 8. The number of rotatable bonds is 8. The van der Waals surface area contributed by atoms with Crippen LogP contribution in [-0.2, 0) is 30.9 Å². The van der Waals surface area contributed by atoms with E-state index in [1.54, 1.807) is 42.6 Å². The Hall–Kier alpha value is -4.08. The largest absolute Gasteiger partial charge is 0.449 e. The van der Waals surface area contributed by atoms with Crippen LogP contribution in [0.1, 0.15) is 72.1 Å². The number of quaternary nitrogens is 1. The van der Waals surface area contributed by atoms with Crippen molar-refractivity contribution in [2.75, 3.05) is 20.3 Å². The number of aromatic nitrogens is 1. The van der Waals surface area contributed by atoms with Crippen molar-refractivity contribution in [3.8, 4) is 5.75 Å². The molecule has 2 aliphatic carbocycles. The number of carbonyl (C=O) groups excluding carboxylic acids is 3. The van der Waals surface area contributed by atoms with Gasteiger partial charge in [-0.05, 0) is 60.7 Å². The quantitative estimate of drug-likeness (QED) is 0.227. The average Bonchev–Trinajstić information content (AvgIpc) is 3.06. The second-order valence-corrected chi connectivity index (χ2v) is 12.7. The Morgan fingerprint density at radius 2 is 1.86 bits per heavy atom. The highest BCUT2D eigenvalue weighted by Gasteiger charge is 2.59. The third-order valence-electron chi connectivity index (χ3n) is 10.1. The van der Waals surface area contributed by atoms with Crippen molar-refractivity contribution in [2.45, 2.75) is 69.1 Å². The summed E-state index contributed by atoms with van der Waals surface area (Å²) in [6.07, 6.45) is 8.43. The number of esters is 3. The van der Waals surface area contributed by atoms with Gasteiger partial charge in [0.25, 0.3) is 0 Å². The molecule has 9 heteroatoms. The first-order chi connectivity index (χ1) is 21.2. The number of ether oxygens (including phenoxy) is 3. The van der Waals surface area contributed by atoms with E-state index in [-0.39, 0.29) is 11.4 Å². The summed E-state index contributed by atoms with van der Waals surface area (Å²) in [5.74, 6) is -0.786. The van der Waals surface area contributed by atoms with E-state index < -0.39 is 24.1 Å². The van der Waals surface area contributed by atoms with Crippen molar-refractivity contribution in [1.29, 1.82) is 0 Å². The van der Waals surface area contributed by atoms with E-state index in [9.17, 15) is 14.4 Å². The summed E-state index contributed by atoms with van der Waals surface area (Å²) in [6.45, 7) is 2.71. The van der Waals surface area contributed by atoms with Gasteiger partial charge in [0.2, 0.25) is 6.73 Å². The molecule has 1 saturated heterocycles. The lowest BCUT2D eigenvalue weighted by atomic mass is 9.52. The molecule has 2 N–H and O–H groups in total. The van der Waals surface area contributed by atoms with Crippen LogP contribution in [0.15, 0.2) is 73.1 Å². The van der Waals surface area contributed by atoms with E-state index in [0.717, 1.165) is 38.6 Å². The molecular weight excluding hydrogens is 558 g/mol. The summed E-state index contributed by atoms with van der Waals surface area (Å²) in [5.41, 5.74) is 9.63. The third kappa shape index (κ3) is 5.62. The maximum absolute atomic E-state index is 13.0. The summed E-state index contributed by atoms with van der Waals surface area (Å²) in [5, 5.41) is 0. The van der Waals surface area contributed by atoms with Crippen LogP contribution in [0.5, 0.6) is 5.75 Å². The zero-order chi connectivity index (χ0) is 30.9. The fourth-order valence-electron chi connectivity index (χ4n) is 7.73. The fourth-order valence-corrected chi connectivity index (χ4v) is 7.73. The highest BCUT2D eigenvalue weighted by atomic mass is 16.6. The number of pyridine rings is 1. The van der Waals surface area contributed by atoms with Crippen molar-refractivity contribution in [3.05, 3.63) is 95.3 Å². The molecule has 3 aliphatic rings. The Bertz CT molecular complexity index is 1530. The van der Waals surface area contributed by atoms with Gasteiger partial charge in [-0.15, -0.1) is 0 Å². The molecule has 230 valence electrons. The molecule has 2 heterocycles. The Morgan fingerprint density at radius 1 is 1.05 bits per heavy atom. The summed E-state index contributed by atoms with van der Waals surface area (Å²) in [6, 6.07) is 17.6.